The Bertz CT molecular complexity index is 1180. The summed E-state index contributed by atoms with van der Waals surface area (Å²) in [5.41, 5.74) is 5.63. The first kappa shape index (κ1) is 19.6. The summed E-state index contributed by atoms with van der Waals surface area (Å²) in [6, 6.07) is 10.9. The van der Waals surface area contributed by atoms with Gasteiger partial charge in [0.1, 0.15) is 16.7 Å². The lowest BCUT2D eigenvalue weighted by Crippen LogP contribution is -2.49. The fraction of sp³-hybridized carbons (Fsp3) is 0.261. The molecule has 3 aliphatic rings. The number of thiophene rings is 1. The van der Waals surface area contributed by atoms with Crippen molar-refractivity contribution in [2.45, 2.75) is 31.1 Å². The van der Waals surface area contributed by atoms with Crippen LogP contribution in [0.1, 0.15) is 36.1 Å². The lowest BCUT2D eigenvalue weighted by molar-refractivity contribution is -0.141. The van der Waals surface area contributed by atoms with Crippen LogP contribution in [0, 0.1) is 0 Å². The van der Waals surface area contributed by atoms with E-state index in [1.807, 2.05) is 17.5 Å². The first-order valence-electron chi connectivity index (χ1n) is 10.0. The van der Waals surface area contributed by atoms with Crippen LogP contribution in [-0.2, 0) is 29.3 Å². The van der Waals surface area contributed by atoms with Crippen molar-refractivity contribution in [2.24, 2.45) is 5.73 Å². The van der Waals surface area contributed by atoms with E-state index in [0.717, 1.165) is 4.88 Å². The monoisotopic (exact) mass is 436 g/mol. The minimum atomic E-state index is -1.68. The Kier molecular flexibility index (Phi) is 4.48. The molecular formula is C23H20N2O5S. The SMILES string of the molecule is CCOC(=O)C1=C(N)OC2=C(C(=O)C[C@H](c3cccs3)C2)[C@]12C(=O)Nc1ccccc12. The summed E-state index contributed by atoms with van der Waals surface area (Å²) >= 11 is 1.57. The highest BCUT2D eigenvalue weighted by atomic mass is 32.1. The number of hydrogen-bond acceptors (Lipinski definition) is 7. The summed E-state index contributed by atoms with van der Waals surface area (Å²) in [6.45, 7) is 1.75. The second-order valence-electron chi connectivity index (χ2n) is 7.65. The maximum atomic E-state index is 13.6. The number of fused-ring (bicyclic) bond motifs is 3. The summed E-state index contributed by atoms with van der Waals surface area (Å²) in [5, 5.41) is 4.78. The molecule has 1 amide bonds. The van der Waals surface area contributed by atoms with Crippen LogP contribution in [-0.4, -0.2) is 24.3 Å². The van der Waals surface area contributed by atoms with Crippen LogP contribution in [0.15, 0.2) is 64.6 Å². The number of esters is 1. The van der Waals surface area contributed by atoms with Crippen LogP contribution >= 0.6 is 11.3 Å². The minimum absolute atomic E-state index is 0.0695. The topological polar surface area (TPSA) is 108 Å². The van der Waals surface area contributed by atoms with E-state index in [0.29, 0.717) is 23.4 Å². The molecule has 8 heteroatoms. The lowest BCUT2D eigenvalue weighted by atomic mass is 9.63. The number of anilines is 1. The standard InChI is InChI=1S/C23H20N2O5S/c1-2-29-21(27)19-20(24)30-16-11-12(17-8-5-9-31-17)10-15(26)18(16)23(19)13-6-3-4-7-14(13)25-22(23)28/h3-9,12H,2,10-11,24H2,1H3,(H,25,28)/t12-,23-/m0/s1. The van der Waals surface area contributed by atoms with Gasteiger partial charge in [-0.15, -0.1) is 11.3 Å². The van der Waals surface area contributed by atoms with E-state index in [1.165, 1.54) is 0 Å². The zero-order chi connectivity index (χ0) is 21.8. The van der Waals surface area contributed by atoms with Gasteiger partial charge in [-0.25, -0.2) is 4.79 Å². The van der Waals surface area contributed by atoms with Gasteiger partial charge in [-0.2, -0.15) is 0 Å². The maximum absolute atomic E-state index is 13.6. The van der Waals surface area contributed by atoms with Gasteiger partial charge in [0.2, 0.25) is 11.8 Å². The number of nitrogens with one attached hydrogen (secondary N) is 1. The van der Waals surface area contributed by atoms with Gasteiger partial charge in [-0.1, -0.05) is 24.3 Å². The number of carbonyl (C=O) groups excluding carboxylic acids is 3. The number of carbonyl (C=O) groups is 3. The number of amides is 1. The molecule has 1 aliphatic carbocycles. The number of ketones is 1. The van der Waals surface area contributed by atoms with Crippen molar-refractivity contribution in [3.05, 3.63) is 75.0 Å². The highest BCUT2D eigenvalue weighted by Crippen LogP contribution is 2.55. The van der Waals surface area contributed by atoms with Crippen molar-refractivity contribution in [2.75, 3.05) is 11.9 Å². The Morgan fingerprint density at radius 2 is 2.06 bits per heavy atom. The van der Waals surface area contributed by atoms with Gasteiger partial charge < -0.3 is 20.5 Å². The Labute approximate surface area is 182 Å². The Morgan fingerprint density at radius 1 is 1.26 bits per heavy atom. The third-order valence-corrected chi connectivity index (χ3v) is 7.03. The molecule has 1 aromatic heterocycles. The zero-order valence-corrected chi connectivity index (χ0v) is 17.6. The van der Waals surface area contributed by atoms with Crippen LogP contribution in [0.4, 0.5) is 5.69 Å². The van der Waals surface area contributed by atoms with Gasteiger partial charge in [-0.3, -0.25) is 9.59 Å². The van der Waals surface area contributed by atoms with Gasteiger partial charge in [0, 0.05) is 34.9 Å². The van der Waals surface area contributed by atoms with Crippen molar-refractivity contribution in [1.29, 1.82) is 0 Å². The summed E-state index contributed by atoms with van der Waals surface area (Å²) in [7, 11) is 0. The summed E-state index contributed by atoms with van der Waals surface area (Å²) in [5.74, 6) is -1.44. The molecule has 0 radical (unpaired) electrons. The second kappa shape index (κ2) is 7.09. The fourth-order valence-electron chi connectivity index (χ4n) is 4.82. The van der Waals surface area contributed by atoms with Crippen LogP contribution in [0.5, 0.6) is 0 Å². The highest BCUT2D eigenvalue weighted by Gasteiger charge is 2.62. The van der Waals surface area contributed by atoms with Crippen LogP contribution in [0.25, 0.3) is 0 Å². The maximum Gasteiger partial charge on any atom is 0.341 e. The number of para-hydroxylation sites is 1. The van der Waals surface area contributed by atoms with Crippen LogP contribution in [0.2, 0.25) is 0 Å². The Morgan fingerprint density at radius 3 is 2.81 bits per heavy atom. The normalized spacial score (nSPS) is 24.6. The molecule has 2 aliphatic heterocycles. The molecule has 2 aromatic rings. The zero-order valence-electron chi connectivity index (χ0n) is 16.8. The molecule has 1 aromatic carbocycles. The van der Waals surface area contributed by atoms with Gasteiger partial charge >= 0.3 is 5.97 Å². The van der Waals surface area contributed by atoms with Gasteiger partial charge in [0.25, 0.3) is 0 Å². The number of benzene rings is 1. The van der Waals surface area contributed by atoms with Crippen molar-refractivity contribution in [1.82, 2.24) is 0 Å². The molecule has 0 fully saturated rings. The van der Waals surface area contributed by atoms with Crippen molar-refractivity contribution >= 4 is 34.7 Å². The Balaban J connectivity index is 1.75. The number of allylic oxidation sites excluding steroid dienone is 1. The van der Waals surface area contributed by atoms with Crippen molar-refractivity contribution < 1.29 is 23.9 Å². The number of nitrogens with two attached hydrogens (primary N) is 1. The molecule has 0 saturated heterocycles. The van der Waals surface area contributed by atoms with Crippen LogP contribution < -0.4 is 11.1 Å². The molecule has 7 nitrogen and oxygen atoms in total. The summed E-state index contributed by atoms with van der Waals surface area (Å²) < 4.78 is 11.1. The van der Waals surface area contributed by atoms with Gasteiger partial charge in [-0.05, 0) is 24.4 Å². The largest absolute Gasteiger partial charge is 0.462 e. The van der Waals surface area contributed by atoms with E-state index >= 15 is 0 Å². The molecule has 0 saturated carbocycles. The van der Waals surface area contributed by atoms with E-state index in [1.54, 1.807) is 42.5 Å². The molecule has 31 heavy (non-hydrogen) atoms. The first-order valence-corrected chi connectivity index (χ1v) is 10.9. The third kappa shape index (κ3) is 2.68. The number of ether oxygens (including phenoxy) is 2. The summed E-state index contributed by atoms with van der Waals surface area (Å²) in [4.78, 5) is 41.2. The van der Waals surface area contributed by atoms with E-state index < -0.39 is 17.3 Å². The molecular weight excluding hydrogens is 416 g/mol. The first-order chi connectivity index (χ1) is 15.0. The number of rotatable bonds is 3. The molecule has 3 heterocycles. The van der Waals surface area contributed by atoms with Gasteiger partial charge in [0.05, 0.1) is 12.2 Å². The van der Waals surface area contributed by atoms with Crippen molar-refractivity contribution in [3.8, 4) is 0 Å². The molecule has 0 unspecified atom stereocenters. The molecule has 158 valence electrons. The Hall–Kier alpha value is -3.39. The predicted molar refractivity (Wildman–Crippen MR) is 114 cm³/mol. The van der Waals surface area contributed by atoms with Gasteiger partial charge in [0.15, 0.2) is 5.78 Å². The lowest BCUT2D eigenvalue weighted by Gasteiger charge is -2.39. The molecule has 1 spiro atoms. The molecule has 5 rings (SSSR count). The quantitative estimate of drug-likeness (QED) is 0.716. The van der Waals surface area contributed by atoms with E-state index in [-0.39, 0.29) is 41.8 Å². The molecule has 0 bridgehead atoms. The summed E-state index contributed by atoms with van der Waals surface area (Å²) in [6.07, 6.45) is 0.630. The number of Topliss-reactive ketones (excluding diaryl/α,β-unsaturated/α-hetero) is 1. The number of hydrogen-bond donors (Lipinski definition) is 2. The smallest absolute Gasteiger partial charge is 0.341 e. The molecule has 2 atom stereocenters. The van der Waals surface area contributed by atoms with Crippen LogP contribution in [0.3, 0.4) is 0 Å². The fourth-order valence-corrected chi connectivity index (χ4v) is 5.65. The predicted octanol–water partition coefficient (Wildman–Crippen LogP) is 3.10. The van der Waals surface area contributed by atoms with E-state index in [9.17, 15) is 14.4 Å². The molecule has 3 N–H and O–H groups in total. The highest BCUT2D eigenvalue weighted by molar-refractivity contribution is 7.10. The second-order valence-corrected chi connectivity index (χ2v) is 8.63. The third-order valence-electron chi connectivity index (χ3n) is 6.00. The minimum Gasteiger partial charge on any atom is -0.462 e. The average molecular weight is 436 g/mol. The van der Waals surface area contributed by atoms with Crippen molar-refractivity contribution in [3.63, 3.8) is 0 Å². The van der Waals surface area contributed by atoms with E-state index in [2.05, 4.69) is 5.32 Å². The van der Waals surface area contributed by atoms with E-state index in [4.69, 9.17) is 15.2 Å². The average Bonchev–Trinajstić information content (AvgIpc) is 3.36.